The monoisotopic (exact) mass is 848 g/mol. The predicted octanol–water partition coefficient (Wildman–Crippen LogP) is 10.2. The van der Waals surface area contributed by atoms with Crippen LogP contribution in [0.5, 0.6) is 0 Å². The molecule has 0 amide bonds. The Balaban J connectivity index is 0.000000189. The summed E-state index contributed by atoms with van der Waals surface area (Å²) in [5.74, 6) is 3.35. The summed E-state index contributed by atoms with van der Waals surface area (Å²) in [6.45, 7) is 14.9. The number of fused-ring (bicyclic) bond motifs is 2. The average Bonchev–Trinajstić information content (AvgIpc) is 4.09. The third-order valence-electron chi connectivity index (χ3n) is 12.0. The third-order valence-corrected chi connectivity index (χ3v) is 16.3. The molecule has 8 nitrogen and oxygen atoms in total. The number of aliphatic imine (C=N–C) groups is 2. The molecule has 4 saturated heterocycles. The van der Waals surface area contributed by atoms with E-state index in [2.05, 4.69) is 158 Å². The van der Waals surface area contributed by atoms with Crippen molar-refractivity contribution in [3.63, 3.8) is 0 Å². The summed E-state index contributed by atoms with van der Waals surface area (Å²) in [6, 6.07) is 23.2. The minimum atomic E-state index is -0.750. The Morgan fingerprint density at radius 2 is 1.02 bits per heavy atom. The summed E-state index contributed by atoms with van der Waals surface area (Å²) in [4.78, 5) is 9.81. The molecule has 4 heterocycles. The molecule has 8 rings (SSSR count). The van der Waals surface area contributed by atoms with E-state index < -0.39 is 16.9 Å². The van der Waals surface area contributed by atoms with Gasteiger partial charge in [0.1, 0.15) is 0 Å². The van der Waals surface area contributed by atoms with E-state index in [4.69, 9.17) is 19.0 Å². The minimum Gasteiger partial charge on any atom is -0.325 e. The van der Waals surface area contributed by atoms with Crippen molar-refractivity contribution in [2.24, 2.45) is 21.8 Å². The molecule has 10 radical (unpaired) electrons. The molecular weight excluding hydrogens is 786 g/mol. The van der Waals surface area contributed by atoms with Crippen LogP contribution in [0, 0.1) is 75.0 Å². The predicted molar refractivity (Wildman–Crippen MR) is 237 cm³/mol. The maximum atomic E-state index is 6.64. The largest absolute Gasteiger partial charge is 2.00 e. The summed E-state index contributed by atoms with van der Waals surface area (Å²) in [6.07, 6.45) is 28.0. The normalized spacial score (nSPS) is 27.8. The molecule has 4 aliphatic heterocycles. The van der Waals surface area contributed by atoms with Crippen LogP contribution in [0.4, 0.5) is 11.4 Å². The summed E-state index contributed by atoms with van der Waals surface area (Å²) >= 11 is 0. The molecule has 8 atom stereocenters. The molecule has 11 heteroatoms. The van der Waals surface area contributed by atoms with Crippen LogP contribution in [0.25, 0.3) is 0 Å². The number of rotatable bonds is 16. The molecule has 2 saturated carbocycles. The van der Waals surface area contributed by atoms with Crippen LogP contribution in [-0.2, 0) is 26.1 Å². The number of nitrogens with zero attached hydrogens (tertiary/aromatic N) is 6. The molecule has 2 aromatic carbocycles. The van der Waals surface area contributed by atoms with Crippen LogP contribution in [0.1, 0.15) is 66.2 Å². The molecule has 2 aromatic rings. The number of hydrogen-bond donors (Lipinski definition) is 0. The van der Waals surface area contributed by atoms with Gasteiger partial charge in [-0.2, -0.15) is 0 Å². The van der Waals surface area contributed by atoms with Crippen molar-refractivity contribution >= 4 is 40.7 Å². The fraction of sp³-hybridized carbons (Fsp3) is 0.478. The fourth-order valence-corrected chi connectivity index (χ4v) is 12.6. The van der Waals surface area contributed by atoms with Crippen LogP contribution in [-0.4, -0.2) is 85.3 Å². The quantitative estimate of drug-likeness (QED) is 0.0953. The fourth-order valence-electron chi connectivity index (χ4n) is 8.03. The molecule has 57 heavy (non-hydrogen) atoms. The van der Waals surface area contributed by atoms with Gasteiger partial charge in [0.15, 0.2) is 0 Å². The first-order chi connectivity index (χ1) is 27.5. The van der Waals surface area contributed by atoms with Gasteiger partial charge in [-0.1, -0.05) is 76.9 Å². The number of para-hydroxylation sites is 2. The van der Waals surface area contributed by atoms with Crippen molar-refractivity contribution in [1.82, 2.24) is 9.34 Å². The van der Waals surface area contributed by atoms with Gasteiger partial charge < -0.3 is 18.4 Å². The van der Waals surface area contributed by atoms with Gasteiger partial charge in [0.05, 0.1) is 25.3 Å². The van der Waals surface area contributed by atoms with Gasteiger partial charge in [0.25, 0.3) is 0 Å². The van der Waals surface area contributed by atoms with Gasteiger partial charge >= 0.3 is 17.1 Å². The Labute approximate surface area is 359 Å². The van der Waals surface area contributed by atoms with E-state index >= 15 is 0 Å². The molecule has 0 N–H and O–H groups in total. The molecule has 0 aromatic heterocycles. The van der Waals surface area contributed by atoms with Crippen molar-refractivity contribution in [3.05, 3.63) is 124 Å². The van der Waals surface area contributed by atoms with Crippen molar-refractivity contribution < 1.29 is 26.1 Å². The van der Waals surface area contributed by atoms with Crippen molar-refractivity contribution in [2.45, 2.75) is 90.4 Å². The first kappa shape index (κ1) is 45.1. The first-order valence-corrected chi connectivity index (χ1v) is 23.4. The van der Waals surface area contributed by atoms with Crippen molar-refractivity contribution in [1.29, 1.82) is 0 Å². The maximum Gasteiger partial charge on any atom is 2.00 e. The number of benzene rings is 2. The van der Waals surface area contributed by atoms with Gasteiger partial charge in [-0.3, -0.25) is 9.98 Å². The first-order valence-electron chi connectivity index (χ1n) is 21.1. The average molecular weight is 849 g/mol. The van der Waals surface area contributed by atoms with Crippen LogP contribution in [0.15, 0.2) is 70.6 Å². The summed E-state index contributed by atoms with van der Waals surface area (Å²) < 4.78 is 23.5. The van der Waals surface area contributed by atoms with Gasteiger partial charge in [-0.15, -0.1) is 0 Å². The minimum absolute atomic E-state index is 0. The van der Waals surface area contributed by atoms with Crippen LogP contribution in [0.2, 0.25) is 0 Å². The molecule has 0 spiro atoms. The molecular formula is C46H62FeN6O2P2+2. The van der Waals surface area contributed by atoms with E-state index in [9.17, 15) is 0 Å². The van der Waals surface area contributed by atoms with E-state index in [0.29, 0.717) is 37.1 Å². The Bertz CT molecular complexity index is 1390. The van der Waals surface area contributed by atoms with Crippen LogP contribution >= 0.6 is 16.9 Å². The van der Waals surface area contributed by atoms with E-state index in [0.717, 1.165) is 39.0 Å². The maximum absolute atomic E-state index is 6.64. The van der Waals surface area contributed by atoms with E-state index in [-0.39, 0.29) is 29.2 Å². The number of hydrogen-bond acceptors (Lipinski definition) is 8. The molecule has 6 aliphatic rings. The molecule has 304 valence electrons. The second-order valence-corrected chi connectivity index (χ2v) is 19.3. The summed E-state index contributed by atoms with van der Waals surface area (Å²) in [5.41, 5.74) is 2.56. The van der Waals surface area contributed by atoms with E-state index in [1.165, 1.54) is 48.9 Å². The Morgan fingerprint density at radius 1 is 0.632 bits per heavy atom. The van der Waals surface area contributed by atoms with E-state index in [1.54, 1.807) is 0 Å². The molecule has 6 fully saturated rings. The topological polar surface area (TPSA) is 56.1 Å². The second-order valence-electron chi connectivity index (χ2n) is 15.7. The summed E-state index contributed by atoms with van der Waals surface area (Å²) in [5, 5.41) is 0. The van der Waals surface area contributed by atoms with Gasteiger partial charge in [0, 0.05) is 73.9 Å². The Morgan fingerprint density at radius 3 is 1.39 bits per heavy atom. The Hall–Kier alpha value is -1.40. The zero-order valence-electron chi connectivity index (χ0n) is 34.2. The van der Waals surface area contributed by atoms with Gasteiger partial charge in [-0.25, -0.2) is 9.34 Å². The van der Waals surface area contributed by atoms with Crippen molar-refractivity contribution in [3.8, 4) is 0 Å². The van der Waals surface area contributed by atoms with Gasteiger partial charge in [0.2, 0.25) is 16.9 Å². The zero-order valence-corrected chi connectivity index (χ0v) is 37.1. The second kappa shape index (κ2) is 23.0. The SMILES string of the molecule is CC[C@H](C)[C@@H](CO[P@]1N(c2ccccc2)C[C@@H]2CCCN21)N=C[C]1[CH][CH][CH][CH]1.CC[C@H](C)[C@@H](CO[P@]1N(c2ccccc2)C[C@@H]2CCCN21)N=C[C]1[CH][CH][CH][CH]1.[Fe+2]. The molecule has 0 unspecified atom stereocenters. The van der Waals surface area contributed by atoms with E-state index in [1.807, 2.05) is 12.4 Å². The van der Waals surface area contributed by atoms with Crippen molar-refractivity contribution in [2.75, 3.05) is 48.7 Å². The van der Waals surface area contributed by atoms with Gasteiger partial charge in [-0.05, 0) is 113 Å². The summed E-state index contributed by atoms with van der Waals surface area (Å²) in [7, 11) is -1.50. The zero-order chi connectivity index (χ0) is 38.7. The Kier molecular flexibility index (Phi) is 18.2. The molecule has 2 aliphatic carbocycles. The smallest absolute Gasteiger partial charge is 0.325 e. The van der Waals surface area contributed by atoms with Crippen LogP contribution in [0.3, 0.4) is 0 Å². The molecule has 0 bridgehead atoms. The third kappa shape index (κ3) is 11.9. The standard InChI is InChI=1S/2C23H31N3OP.Fe/c2*1-3-19(2)23(24-16-20-10-7-8-11-20)18-27-28-25-15-9-14-22(25)17-26(28)21-12-5-4-6-13-21;/h2*4-8,10-13,16,19,22-23H,3,9,14-15,17-18H2,1-2H3;/q;;+2/t2*19-,22-,23+,28-;/m00./s1. The van der Waals surface area contributed by atoms with Crippen LogP contribution < -0.4 is 9.34 Å². The number of anilines is 2.